The van der Waals surface area contributed by atoms with Gasteiger partial charge >= 0.3 is 6.01 Å². The highest BCUT2D eigenvalue weighted by Crippen LogP contribution is 2.20. The summed E-state index contributed by atoms with van der Waals surface area (Å²) in [5.41, 5.74) is 2.54. The lowest BCUT2D eigenvalue weighted by atomic mass is 10.2. The van der Waals surface area contributed by atoms with Crippen LogP contribution in [0.2, 0.25) is 0 Å². The smallest absolute Gasteiger partial charge is 0.302 e. The van der Waals surface area contributed by atoms with E-state index in [1.54, 1.807) is 13.1 Å². The molecule has 3 rings (SSSR count). The standard InChI is InChI=1S/C14H12N4O2/c1-8-7-15-13(17-12(8)9(2)19)18-14-16-10-5-3-4-6-11(10)20-14/h3-7H,1-2H3,(H,15,16,17,18). The summed E-state index contributed by atoms with van der Waals surface area (Å²) in [6, 6.07) is 7.72. The normalized spacial score (nSPS) is 10.7. The molecule has 1 N–H and O–H groups in total. The lowest BCUT2D eigenvalue weighted by Crippen LogP contribution is -2.05. The van der Waals surface area contributed by atoms with Crippen LogP contribution in [-0.2, 0) is 0 Å². The second-order valence-electron chi connectivity index (χ2n) is 4.39. The molecule has 0 spiro atoms. The van der Waals surface area contributed by atoms with Crippen molar-refractivity contribution in [3.8, 4) is 0 Å². The molecule has 6 nitrogen and oxygen atoms in total. The third-order valence-electron chi connectivity index (χ3n) is 2.82. The Labute approximate surface area is 114 Å². The van der Waals surface area contributed by atoms with Crippen molar-refractivity contribution in [1.82, 2.24) is 15.0 Å². The Morgan fingerprint density at radius 2 is 2.05 bits per heavy atom. The first kappa shape index (κ1) is 12.3. The lowest BCUT2D eigenvalue weighted by molar-refractivity contribution is 0.101. The fourth-order valence-corrected chi connectivity index (χ4v) is 1.88. The maximum Gasteiger partial charge on any atom is 0.302 e. The largest absolute Gasteiger partial charge is 0.423 e. The maximum absolute atomic E-state index is 11.5. The van der Waals surface area contributed by atoms with Crippen LogP contribution >= 0.6 is 0 Å². The van der Waals surface area contributed by atoms with Crippen molar-refractivity contribution in [2.24, 2.45) is 0 Å². The summed E-state index contributed by atoms with van der Waals surface area (Å²) in [5.74, 6) is 0.179. The predicted octanol–water partition coefficient (Wildman–Crippen LogP) is 2.87. The van der Waals surface area contributed by atoms with Crippen molar-refractivity contribution >= 4 is 28.8 Å². The molecule has 1 aromatic carbocycles. The zero-order chi connectivity index (χ0) is 14.1. The number of anilines is 2. The molecular formula is C14H12N4O2. The monoisotopic (exact) mass is 268 g/mol. The maximum atomic E-state index is 11.5. The van der Waals surface area contributed by atoms with Gasteiger partial charge in [-0.2, -0.15) is 4.98 Å². The molecule has 2 heterocycles. The second kappa shape index (κ2) is 4.73. The first-order valence-electron chi connectivity index (χ1n) is 6.10. The molecule has 0 aliphatic carbocycles. The number of Topliss-reactive ketones (excluding diaryl/α,β-unsaturated/α-hetero) is 1. The summed E-state index contributed by atoms with van der Waals surface area (Å²) in [4.78, 5) is 24.0. The van der Waals surface area contributed by atoms with Gasteiger partial charge in [0.15, 0.2) is 11.4 Å². The summed E-state index contributed by atoms with van der Waals surface area (Å²) < 4.78 is 5.52. The first-order valence-corrected chi connectivity index (χ1v) is 6.10. The molecule has 0 aliphatic heterocycles. The Bertz CT molecular complexity index is 762. The van der Waals surface area contributed by atoms with Gasteiger partial charge in [0.1, 0.15) is 11.2 Å². The van der Waals surface area contributed by atoms with Crippen LogP contribution in [0, 0.1) is 6.92 Å². The highest BCUT2D eigenvalue weighted by molar-refractivity contribution is 5.93. The van der Waals surface area contributed by atoms with E-state index in [2.05, 4.69) is 20.3 Å². The highest BCUT2D eigenvalue weighted by atomic mass is 16.4. The van der Waals surface area contributed by atoms with Gasteiger partial charge < -0.3 is 4.42 Å². The number of carbonyl (C=O) groups is 1. The Morgan fingerprint density at radius 3 is 2.80 bits per heavy atom. The number of nitrogens with zero attached hydrogens (tertiary/aromatic N) is 3. The van der Waals surface area contributed by atoms with Crippen LogP contribution in [0.15, 0.2) is 34.9 Å². The number of aromatic nitrogens is 3. The van der Waals surface area contributed by atoms with Crippen molar-refractivity contribution in [1.29, 1.82) is 0 Å². The van der Waals surface area contributed by atoms with Gasteiger partial charge in [-0.1, -0.05) is 12.1 Å². The van der Waals surface area contributed by atoms with Gasteiger partial charge in [-0.25, -0.2) is 9.97 Å². The molecular weight excluding hydrogens is 256 g/mol. The van der Waals surface area contributed by atoms with E-state index in [-0.39, 0.29) is 11.7 Å². The average molecular weight is 268 g/mol. The van der Waals surface area contributed by atoms with Crippen molar-refractivity contribution in [2.75, 3.05) is 5.32 Å². The number of benzene rings is 1. The summed E-state index contributed by atoms with van der Waals surface area (Å²) >= 11 is 0. The van der Waals surface area contributed by atoms with Gasteiger partial charge in [0.25, 0.3) is 0 Å². The molecule has 2 aromatic heterocycles. The number of ketones is 1. The molecule has 0 bridgehead atoms. The lowest BCUT2D eigenvalue weighted by Gasteiger charge is -2.03. The van der Waals surface area contributed by atoms with E-state index < -0.39 is 0 Å². The van der Waals surface area contributed by atoms with E-state index in [0.29, 0.717) is 17.3 Å². The molecule has 3 aromatic rings. The van der Waals surface area contributed by atoms with E-state index in [1.807, 2.05) is 24.3 Å². The van der Waals surface area contributed by atoms with E-state index in [0.717, 1.165) is 11.1 Å². The van der Waals surface area contributed by atoms with Gasteiger partial charge in [0.2, 0.25) is 5.95 Å². The fourth-order valence-electron chi connectivity index (χ4n) is 1.88. The van der Waals surface area contributed by atoms with E-state index in [9.17, 15) is 4.79 Å². The highest BCUT2D eigenvalue weighted by Gasteiger charge is 2.11. The van der Waals surface area contributed by atoms with Crippen molar-refractivity contribution in [3.63, 3.8) is 0 Å². The molecule has 0 saturated heterocycles. The number of rotatable bonds is 3. The van der Waals surface area contributed by atoms with Gasteiger partial charge in [-0.15, -0.1) is 0 Å². The number of fused-ring (bicyclic) bond motifs is 1. The van der Waals surface area contributed by atoms with Crippen LogP contribution in [0.5, 0.6) is 0 Å². The first-order chi connectivity index (χ1) is 9.63. The van der Waals surface area contributed by atoms with Crippen molar-refractivity contribution in [2.45, 2.75) is 13.8 Å². The molecule has 100 valence electrons. The van der Waals surface area contributed by atoms with Gasteiger partial charge in [-0.3, -0.25) is 10.1 Å². The van der Waals surface area contributed by atoms with Crippen molar-refractivity contribution in [3.05, 3.63) is 41.7 Å². The van der Waals surface area contributed by atoms with E-state index in [1.165, 1.54) is 6.92 Å². The number of carbonyl (C=O) groups excluding carboxylic acids is 1. The summed E-state index contributed by atoms with van der Waals surface area (Å²) in [6.45, 7) is 3.26. The number of hydrogen-bond donors (Lipinski definition) is 1. The number of oxazole rings is 1. The number of para-hydroxylation sites is 2. The molecule has 0 radical (unpaired) electrons. The third-order valence-corrected chi connectivity index (χ3v) is 2.82. The zero-order valence-corrected chi connectivity index (χ0v) is 11.0. The molecule has 20 heavy (non-hydrogen) atoms. The second-order valence-corrected chi connectivity index (χ2v) is 4.39. The average Bonchev–Trinajstić information content (AvgIpc) is 2.82. The Kier molecular flexibility index (Phi) is 2.90. The topological polar surface area (TPSA) is 80.9 Å². The molecule has 6 heteroatoms. The van der Waals surface area contributed by atoms with Crippen LogP contribution in [-0.4, -0.2) is 20.7 Å². The van der Waals surface area contributed by atoms with Crippen LogP contribution < -0.4 is 5.32 Å². The minimum absolute atomic E-state index is 0.106. The Balaban J connectivity index is 1.94. The quantitative estimate of drug-likeness (QED) is 0.735. The summed E-state index contributed by atoms with van der Waals surface area (Å²) in [5, 5.41) is 2.86. The Morgan fingerprint density at radius 1 is 1.25 bits per heavy atom. The molecule has 0 atom stereocenters. The van der Waals surface area contributed by atoms with Crippen molar-refractivity contribution < 1.29 is 9.21 Å². The van der Waals surface area contributed by atoms with Gasteiger partial charge in [0.05, 0.1) is 0 Å². The summed E-state index contributed by atoms with van der Waals surface area (Å²) in [7, 11) is 0. The van der Waals surface area contributed by atoms with Crippen LogP contribution in [0.4, 0.5) is 12.0 Å². The Hall–Kier alpha value is -2.76. The zero-order valence-electron chi connectivity index (χ0n) is 11.0. The van der Waals surface area contributed by atoms with E-state index >= 15 is 0 Å². The third kappa shape index (κ3) is 2.23. The minimum atomic E-state index is -0.106. The molecule has 0 saturated carbocycles. The van der Waals surface area contributed by atoms with Crippen LogP contribution in [0.3, 0.4) is 0 Å². The van der Waals surface area contributed by atoms with Gasteiger partial charge in [0, 0.05) is 13.1 Å². The van der Waals surface area contributed by atoms with Gasteiger partial charge in [-0.05, 0) is 24.6 Å². The molecule has 0 unspecified atom stereocenters. The number of nitrogens with one attached hydrogen (secondary N) is 1. The summed E-state index contributed by atoms with van der Waals surface area (Å²) in [6.07, 6.45) is 1.59. The number of hydrogen-bond acceptors (Lipinski definition) is 6. The molecule has 0 fully saturated rings. The SMILES string of the molecule is CC(=O)c1nc(Nc2nc3ccccc3o2)ncc1C. The van der Waals surface area contributed by atoms with Crippen LogP contribution in [0.1, 0.15) is 23.0 Å². The fraction of sp³-hybridized carbons (Fsp3) is 0.143. The molecule has 0 aliphatic rings. The predicted molar refractivity (Wildman–Crippen MR) is 74.1 cm³/mol. The van der Waals surface area contributed by atoms with Crippen LogP contribution in [0.25, 0.3) is 11.1 Å². The molecule has 0 amide bonds. The minimum Gasteiger partial charge on any atom is -0.423 e. The van der Waals surface area contributed by atoms with E-state index in [4.69, 9.17) is 4.42 Å². The number of aryl methyl sites for hydroxylation is 1.